The summed E-state index contributed by atoms with van der Waals surface area (Å²) in [5.74, 6) is 1.43. The van der Waals surface area contributed by atoms with Gasteiger partial charge in [0.15, 0.2) is 9.84 Å². The molecule has 2 rings (SSSR count). The van der Waals surface area contributed by atoms with Gasteiger partial charge in [-0.3, -0.25) is 0 Å². The van der Waals surface area contributed by atoms with Crippen molar-refractivity contribution < 1.29 is 8.42 Å². The summed E-state index contributed by atoms with van der Waals surface area (Å²) in [4.78, 5) is 0. The molecule has 0 radical (unpaired) electrons. The first-order valence-electron chi connectivity index (χ1n) is 8.61. The Bertz CT molecular complexity index is 633. The van der Waals surface area contributed by atoms with Gasteiger partial charge < -0.3 is 0 Å². The molecule has 0 bridgehead atoms. The molecule has 1 fully saturated rings. The van der Waals surface area contributed by atoms with Crippen LogP contribution in [0.5, 0.6) is 0 Å². The van der Waals surface area contributed by atoms with Crippen LogP contribution in [-0.4, -0.2) is 19.4 Å². The first-order valence-corrected chi connectivity index (χ1v) is 10.3. The molecule has 0 amide bonds. The van der Waals surface area contributed by atoms with Gasteiger partial charge in [-0.25, -0.2) is 8.42 Å². The molecule has 0 unspecified atom stereocenters. The summed E-state index contributed by atoms with van der Waals surface area (Å²) in [7, 11) is -2.90. The summed E-state index contributed by atoms with van der Waals surface area (Å²) in [5.41, 5.74) is 1.99. The number of sulfone groups is 1. The number of hydrogen-bond acceptors (Lipinski definition) is 3. The molecule has 0 aromatic heterocycles. The highest BCUT2D eigenvalue weighted by Crippen LogP contribution is 2.32. The zero-order valence-electron chi connectivity index (χ0n) is 14.2. The fraction of sp³-hybridized carbons (Fsp3) is 0.632. The van der Waals surface area contributed by atoms with Crippen LogP contribution in [0.1, 0.15) is 57.1 Å². The molecule has 1 aliphatic rings. The van der Waals surface area contributed by atoms with Crippen molar-refractivity contribution in [2.24, 2.45) is 11.8 Å². The lowest BCUT2D eigenvalue weighted by Gasteiger charge is -2.28. The van der Waals surface area contributed by atoms with Crippen LogP contribution in [0.4, 0.5) is 0 Å². The minimum Gasteiger partial charge on any atom is -0.229 e. The van der Waals surface area contributed by atoms with Crippen LogP contribution >= 0.6 is 0 Å². The van der Waals surface area contributed by atoms with Gasteiger partial charge in [0, 0.05) is 0 Å². The molecule has 1 aromatic carbocycles. The van der Waals surface area contributed by atoms with Crippen molar-refractivity contribution in [3.8, 4) is 6.07 Å². The Morgan fingerprint density at radius 2 is 1.65 bits per heavy atom. The molecule has 1 aromatic rings. The van der Waals surface area contributed by atoms with Crippen LogP contribution in [0.25, 0.3) is 0 Å². The number of aryl methyl sites for hydroxylation is 1. The second-order valence-corrected chi connectivity index (χ2v) is 9.71. The maximum absolute atomic E-state index is 12.0. The smallest absolute Gasteiger partial charge is 0.152 e. The second kappa shape index (κ2) is 7.97. The number of nitrogens with zero attached hydrogens (tertiary/aromatic N) is 1. The first kappa shape index (κ1) is 18.0. The van der Waals surface area contributed by atoms with E-state index in [1.54, 1.807) is 13.8 Å². The van der Waals surface area contributed by atoms with Crippen molar-refractivity contribution in [3.05, 3.63) is 35.4 Å². The molecule has 1 aliphatic carbocycles. The molecule has 0 heterocycles. The Balaban J connectivity index is 1.75. The largest absolute Gasteiger partial charge is 0.229 e. The lowest BCUT2D eigenvalue weighted by atomic mass is 9.80. The van der Waals surface area contributed by atoms with Gasteiger partial charge in [-0.15, -0.1) is 0 Å². The molecule has 126 valence electrons. The van der Waals surface area contributed by atoms with E-state index in [1.807, 2.05) is 24.3 Å². The molecule has 0 N–H and O–H groups in total. The van der Waals surface area contributed by atoms with Crippen LogP contribution < -0.4 is 0 Å². The average Bonchev–Trinajstić information content (AvgIpc) is 2.54. The maximum atomic E-state index is 12.0. The molecule has 0 spiro atoms. The summed E-state index contributed by atoms with van der Waals surface area (Å²) >= 11 is 0. The third kappa shape index (κ3) is 5.35. The van der Waals surface area contributed by atoms with Crippen molar-refractivity contribution in [3.63, 3.8) is 0 Å². The van der Waals surface area contributed by atoms with E-state index in [0.717, 1.165) is 38.5 Å². The van der Waals surface area contributed by atoms with Crippen LogP contribution in [0, 0.1) is 23.2 Å². The van der Waals surface area contributed by atoms with Crippen molar-refractivity contribution in [2.45, 2.75) is 57.6 Å². The number of rotatable bonds is 6. The van der Waals surface area contributed by atoms with Crippen molar-refractivity contribution in [1.82, 2.24) is 0 Å². The first-order chi connectivity index (χ1) is 10.9. The van der Waals surface area contributed by atoms with Gasteiger partial charge in [0.05, 0.1) is 22.6 Å². The molecule has 1 saturated carbocycles. The predicted octanol–water partition coefficient (Wildman–Crippen LogP) is 4.12. The number of benzene rings is 1. The minimum atomic E-state index is -2.90. The zero-order chi connectivity index (χ0) is 16.9. The van der Waals surface area contributed by atoms with E-state index in [2.05, 4.69) is 6.07 Å². The van der Waals surface area contributed by atoms with Crippen molar-refractivity contribution >= 4 is 9.84 Å². The predicted molar refractivity (Wildman–Crippen MR) is 93.8 cm³/mol. The number of hydrogen-bond donors (Lipinski definition) is 0. The summed E-state index contributed by atoms with van der Waals surface area (Å²) in [6, 6.07) is 9.98. The highest BCUT2D eigenvalue weighted by molar-refractivity contribution is 7.91. The third-order valence-corrected chi connectivity index (χ3v) is 7.45. The van der Waals surface area contributed by atoms with E-state index in [9.17, 15) is 8.42 Å². The SMILES string of the molecule is CC(C)S(=O)(=O)CC1CCC(CCc2ccc(C#N)cc2)CC1. The maximum Gasteiger partial charge on any atom is 0.152 e. The molecule has 0 atom stereocenters. The molecular formula is C19H27NO2S. The fourth-order valence-electron chi connectivity index (χ4n) is 3.32. The van der Waals surface area contributed by atoms with Gasteiger partial charge in [-0.2, -0.15) is 5.26 Å². The highest BCUT2D eigenvalue weighted by Gasteiger charge is 2.27. The molecule has 0 saturated heterocycles. The van der Waals surface area contributed by atoms with Gasteiger partial charge in [-0.05, 0) is 69.1 Å². The highest BCUT2D eigenvalue weighted by atomic mass is 32.2. The summed E-state index contributed by atoms with van der Waals surface area (Å²) in [6.07, 6.45) is 6.60. The lowest BCUT2D eigenvalue weighted by molar-refractivity contribution is 0.278. The fourth-order valence-corrected chi connectivity index (χ4v) is 4.70. The van der Waals surface area contributed by atoms with Gasteiger partial charge in [0.25, 0.3) is 0 Å². The van der Waals surface area contributed by atoms with E-state index < -0.39 is 9.84 Å². The Kier molecular flexibility index (Phi) is 6.24. The lowest BCUT2D eigenvalue weighted by Crippen LogP contribution is -2.26. The van der Waals surface area contributed by atoms with Gasteiger partial charge in [0.2, 0.25) is 0 Å². The van der Waals surface area contributed by atoms with Gasteiger partial charge >= 0.3 is 0 Å². The second-order valence-electron chi connectivity index (χ2n) is 7.11. The topological polar surface area (TPSA) is 57.9 Å². The van der Waals surface area contributed by atoms with Crippen molar-refractivity contribution in [1.29, 1.82) is 5.26 Å². The normalized spacial score (nSPS) is 22.0. The molecule has 4 heteroatoms. The van der Waals surface area contributed by atoms with Crippen LogP contribution in [0.3, 0.4) is 0 Å². The molecular weight excluding hydrogens is 306 g/mol. The van der Waals surface area contributed by atoms with Gasteiger partial charge in [0.1, 0.15) is 0 Å². The minimum absolute atomic E-state index is 0.253. The third-order valence-electron chi connectivity index (χ3n) is 5.08. The molecule has 0 aliphatic heterocycles. The average molecular weight is 333 g/mol. The Labute approximate surface area is 140 Å². The van der Waals surface area contributed by atoms with Crippen LogP contribution in [0.2, 0.25) is 0 Å². The molecule has 3 nitrogen and oxygen atoms in total. The van der Waals surface area contributed by atoms with E-state index in [1.165, 1.54) is 5.56 Å². The van der Waals surface area contributed by atoms with E-state index in [0.29, 0.717) is 23.2 Å². The summed E-state index contributed by atoms with van der Waals surface area (Å²) in [5, 5.41) is 8.56. The standard InChI is InChI=1S/C19H27NO2S/c1-15(2)23(21,22)14-19-11-7-17(8-12-19)4-3-16-5-9-18(13-20)10-6-16/h5-6,9-10,15,17,19H,3-4,7-8,11-12,14H2,1-2H3. The van der Waals surface area contributed by atoms with E-state index in [-0.39, 0.29) is 5.25 Å². The van der Waals surface area contributed by atoms with Gasteiger partial charge in [-0.1, -0.05) is 25.0 Å². The molecule has 23 heavy (non-hydrogen) atoms. The summed E-state index contributed by atoms with van der Waals surface area (Å²) in [6.45, 7) is 3.55. The quantitative estimate of drug-likeness (QED) is 0.787. The van der Waals surface area contributed by atoms with Crippen molar-refractivity contribution in [2.75, 3.05) is 5.75 Å². The van der Waals surface area contributed by atoms with E-state index >= 15 is 0 Å². The Morgan fingerprint density at radius 3 is 2.17 bits per heavy atom. The Hall–Kier alpha value is -1.34. The summed E-state index contributed by atoms with van der Waals surface area (Å²) < 4.78 is 24.0. The monoisotopic (exact) mass is 333 g/mol. The Morgan fingerprint density at radius 1 is 1.09 bits per heavy atom. The van der Waals surface area contributed by atoms with E-state index in [4.69, 9.17) is 5.26 Å². The number of nitriles is 1. The zero-order valence-corrected chi connectivity index (χ0v) is 15.0. The van der Waals surface area contributed by atoms with Crippen LogP contribution in [0.15, 0.2) is 24.3 Å². The van der Waals surface area contributed by atoms with Crippen LogP contribution in [-0.2, 0) is 16.3 Å².